The molecule has 0 bridgehead atoms. The molecule has 0 saturated carbocycles. The first kappa shape index (κ1) is 23.3. The van der Waals surface area contributed by atoms with Crippen molar-refractivity contribution in [3.05, 3.63) is 81.5 Å². The summed E-state index contributed by atoms with van der Waals surface area (Å²) < 4.78 is 42.2. The molecular weight excluding hydrogens is 420 g/mol. The smallest absolute Gasteiger partial charge is 0.350 e. The third kappa shape index (κ3) is 5.11. The Kier molecular flexibility index (Phi) is 6.59. The monoisotopic (exact) mass is 445 g/mol. The van der Waals surface area contributed by atoms with Crippen LogP contribution in [0.1, 0.15) is 55.5 Å². The molecule has 0 radical (unpaired) electrons. The van der Waals surface area contributed by atoms with Crippen LogP contribution in [0.3, 0.4) is 0 Å². The first-order valence-corrected chi connectivity index (χ1v) is 10.0. The second kappa shape index (κ2) is 9.04. The number of aromatic nitrogens is 3. The number of esters is 1. The highest BCUT2D eigenvalue weighted by molar-refractivity contribution is 5.90. The predicted octanol–water partition coefficient (Wildman–Crippen LogP) is 4.08. The third-order valence-corrected chi connectivity index (χ3v) is 4.60. The molecule has 0 aliphatic rings. The Morgan fingerprint density at radius 1 is 1.12 bits per heavy atom. The van der Waals surface area contributed by atoms with Gasteiger partial charge in [0.1, 0.15) is 29.0 Å². The normalized spacial score (nSPS) is 12.6. The minimum Gasteiger partial charge on any atom is -0.456 e. The van der Waals surface area contributed by atoms with E-state index in [9.17, 15) is 18.4 Å². The standard InChI is InChI=1S/C23H25F2N3O4/c1-14(31-13-15-9-7-6-8-10-15)20-26-28(22(30)27(20)5)19-12-17(24)16(11-18(19)25)21(29)32-23(2,3)4/h6-12,14H,13H2,1-5H3. The fraction of sp³-hybridized carbons (Fsp3) is 0.348. The Hall–Kier alpha value is -3.33. The summed E-state index contributed by atoms with van der Waals surface area (Å²) in [7, 11) is 1.47. The van der Waals surface area contributed by atoms with Gasteiger partial charge in [0.2, 0.25) is 0 Å². The van der Waals surface area contributed by atoms with Gasteiger partial charge < -0.3 is 9.47 Å². The number of carbonyl (C=O) groups excluding carboxylic acids is 1. The van der Waals surface area contributed by atoms with Crippen LogP contribution in [0.4, 0.5) is 8.78 Å². The van der Waals surface area contributed by atoms with Gasteiger partial charge in [0.05, 0.1) is 12.2 Å². The van der Waals surface area contributed by atoms with E-state index in [-0.39, 0.29) is 12.4 Å². The lowest BCUT2D eigenvalue weighted by Gasteiger charge is -2.19. The van der Waals surface area contributed by atoms with E-state index in [0.717, 1.165) is 16.3 Å². The average molecular weight is 445 g/mol. The van der Waals surface area contributed by atoms with Crippen molar-refractivity contribution < 1.29 is 23.0 Å². The molecule has 1 atom stereocenters. The minimum absolute atomic E-state index is 0.238. The molecule has 32 heavy (non-hydrogen) atoms. The summed E-state index contributed by atoms with van der Waals surface area (Å²) in [4.78, 5) is 24.8. The summed E-state index contributed by atoms with van der Waals surface area (Å²) in [5.41, 5.74) is -1.60. The van der Waals surface area contributed by atoms with Crippen molar-refractivity contribution >= 4 is 5.97 Å². The van der Waals surface area contributed by atoms with Gasteiger partial charge in [-0.3, -0.25) is 4.57 Å². The van der Waals surface area contributed by atoms with Crippen molar-refractivity contribution in [2.24, 2.45) is 7.05 Å². The molecule has 0 spiro atoms. The highest BCUT2D eigenvalue weighted by Crippen LogP contribution is 2.22. The summed E-state index contributed by atoms with van der Waals surface area (Å²) in [6, 6.07) is 10.9. The maximum atomic E-state index is 14.8. The molecule has 0 amide bonds. The highest BCUT2D eigenvalue weighted by Gasteiger charge is 2.25. The van der Waals surface area contributed by atoms with Crippen molar-refractivity contribution in [3.63, 3.8) is 0 Å². The number of ether oxygens (including phenoxy) is 2. The average Bonchev–Trinajstić information content (AvgIpc) is 3.02. The SMILES string of the molecule is CC(OCc1ccccc1)c1nn(-c2cc(F)c(C(=O)OC(C)(C)C)cc2F)c(=O)n1C. The van der Waals surface area contributed by atoms with Gasteiger partial charge in [-0.15, -0.1) is 5.10 Å². The van der Waals surface area contributed by atoms with E-state index in [4.69, 9.17) is 9.47 Å². The lowest BCUT2D eigenvalue weighted by Crippen LogP contribution is -2.25. The lowest BCUT2D eigenvalue weighted by atomic mass is 10.1. The molecule has 1 aromatic heterocycles. The van der Waals surface area contributed by atoms with Crippen LogP contribution in [0.5, 0.6) is 0 Å². The predicted molar refractivity (Wildman–Crippen MR) is 114 cm³/mol. The molecule has 0 N–H and O–H groups in total. The molecule has 170 valence electrons. The number of hydrogen-bond acceptors (Lipinski definition) is 5. The number of rotatable bonds is 6. The second-order valence-corrected chi connectivity index (χ2v) is 8.34. The van der Waals surface area contributed by atoms with E-state index in [0.29, 0.717) is 6.07 Å². The number of halogens is 2. The molecule has 3 aromatic rings. The Morgan fingerprint density at radius 3 is 2.41 bits per heavy atom. The van der Waals surface area contributed by atoms with Crippen LogP contribution in [0, 0.1) is 11.6 Å². The van der Waals surface area contributed by atoms with Crippen LogP contribution >= 0.6 is 0 Å². The van der Waals surface area contributed by atoms with Crippen molar-refractivity contribution in [2.75, 3.05) is 0 Å². The van der Waals surface area contributed by atoms with Crippen molar-refractivity contribution in [1.29, 1.82) is 0 Å². The van der Waals surface area contributed by atoms with Crippen LogP contribution < -0.4 is 5.69 Å². The molecule has 0 aliphatic carbocycles. The van der Waals surface area contributed by atoms with Crippen molar-refractivity contribution in [3.8, 4) is 5.69 Å². The summed E-state index contributed by atoms with van der Waals surface area (Å²) >= 11 is 0. The largest absolute Gasteiger partial charge is 0.456 e. The summed E-state index contributed by atoms with van der Waals surface area (Å²) in [6.45, 7) is 6.84. The highest BCUT2D eigenvalue weighted by atomic mass is 19.1. The fourth-order valence-electron chi connectivity index (χ4n) is 3.02. The molecule has 1 unspecified atom stereocenters. The van der Waals surface area contributed by atoms with E-state index in [1.54, 1.807) is 27.7 Å². The molecule has 3 rings (SSSR count). The van der Waals surface area contributed by atoms with Gasteiger partial charge in [-0.1, -0.05) is 30.3 Å². The van der Waals surface area contributed by atoms with Crippen LogP contribution in [0.25, 0.3) is 5.69 Å². The van der Waals surface area contributed by atoms with Gasteiger partial charge in [0.15, 0.2) is 5.82 Å². The zero-order valence-electron chi connectivity index (χ0n) is 18.6. The molecule has 9 heteroatoms. The Morgan fingerprint density at radius 2 is 1.78 bits per heavy atom. The van der Waals surface area contributed by atoms with Gasteiger partial charge in [0.25, 0.3) is 0 Å². The van der Waals surface area contributed by atoms with Crippen LogP contribution in [-0.2, 0) is 23.1 Å². The maximum Gasteiger partial charge on any atom is 0.350 e. The third-order valence-electron chi connectivity index (χ3n) is 4.60. The van der Waals surface area contributed by atoms with Crippen molar-refractivity contribution in [2.45, 2.75) is 46.0 Å². The first-order chi connectivity index (χ1) is 15.0. The zero-order valence-corrected chi connectivity index (χ0v) is 18.6. The van der Waals surface area contributed by atoms with E-state index >= 15 is 0 Å². The van der Waals surface area contributed by atoms with E-state index in [2.05, 4.69) is 5.10 Å². The Balaban J connectivity index is 1.89. The summed E-state index contributed by atoms with van der Waals surface area (Å²) in [5, 5.41) is 4.15. The second-order valence-electron chi connectivity index (χ2n) is 8.34. The molecule has 0 fully saturated rings. The molecule has 7 nitrogen and oxygen atoms in total. The molecule has 0 aliphatic heterocycles. The van der Waals surface area contributed by atoms with Gasteiger partial charge >= 0.3 is 11.7 Å². The van der Waals surface area contributed by atoms with Crippen LogP contribution in [0.15, 0.2) is 47.3 Å². The lowest BCUT2D eigenvalue weighted by molar-refractivity contribution is 0.00641. The molecule has 1 heterocycles. The summed E-state index contributed by atoms with van der Waals surface area (Å²) in [5.74, 6) is -2.78. The van der Waals surface area contributed by atoms with Gasteiger partial charge in [-0.25, -0.2) is 18.4 Å². The van der Waals surface area contributed by atoms with Gasteiger partial charge in [-0.2, -0.15) is 4.68 Å². The molecule has 0 saturated heterocycles. The van der Waals surface area contributed by atoms with E-state index < -0.39 is 46.2 Å². The van der Waals surface area contributed by atoms with Gasteiger partial charge in [-0.05, 0) is 39.3 Å². The minimum atomic E-state index is -1.02. The fourth-order valence-corrected chi connectivity index (χ4v) is 3.02. The van der Waals surface area contributed by atoms with Crippen LogP contribution in [-0.4, -0.2) is 25.9 Å². The number of benzene rings is 2. The number of nitrogens with zero attached hydrogens (tertiary/aromatic N) is 3. The van der Waals surface area contributed by atoms with Gasteiger partial charge in [0, 0.05) is 13.1 Å². The topological polar surface area (TPSA) is 75.4 Å². The Labute approximate surface area is 184 Å². The zero-order chi connectivity index (χ0) is 23.6. The van der Waals surface area contributed by atoms with E-state index in [1.807, 2.05) is 30.3 Å². The molecule has 2 aromatic carbocycles. The summed E-state index contributed by atoms with van der Waals surface area (Å²) in [6.07, 6.45) is -0.594. The molecular formula is C23H25F2N3O4. The number of hydrogen-bond donors (Lipinski definition) is 0. The first-order valence-electron chi connectivity index (χ1n) is 10.0. The number of carbonyl (C=O) groups is 1. The van der Waals surface area contributed by atoms with Crippen molar-refractivity contribution in [1.82, 2.24) is 14.3 Å². The van der Waals surface area contributed by atoms with E-state index in [1.165, 1.54) is 11.6 Å². The Bertz CT molecular complexity index is 1180. The maximum absolute atomic E-state index is 14.8. The quantitative estimate of drug-likeness (QED) is 0.535. The van der Waals surface area contributed by atoms with Crippen LogP contribution in [0.2, 0.25) is 0 Å².